The number of piperidine rings is 1. The molecule has 5 heteroatoms. The van der Waals surface area contributed by atoms with Gasteiger partial charge in [0.25, 0.3) is 0 Å². The molecule has 1 aromatic heterocycles. The number of aldehydes is 1. The molecule has 1 aliphatic rings. The number of hydrogen-bond acceptors (Lipinski definition) is 4. The summed E-state index contributed by atoms with van der Waals surface area (Å²) in [4.78, 5) is 18.1. The van der Waals surface area contributed by atoms with Crippen LogP contribution in [0.25, 0.3) is 10.8 Å². The number of aromatic nitrogens is 1. The van der Waals surface area contributed by atoms with E-state index in [1.54, 1.807) is 6.20 Å². The minimum absolute atomic E-state index is 0.188. The zero-order chi connectivity index (χ0) is 17.9. The van der Waals surface area contributed by atoms with Crippen molar-refractivity contribution in [3.8, 4) is 5.75 Å². The van der Waals surface area contributed by atoms with Crippen molar-refractivity contribution in [1.29, 1.82) is 0 Å². The maximum atomic E-state index is 11.3. The Bertz CT molecular complexity index is 919. The van der Waals surface area contributed by atoms with Crippen molar-refractivity contribution in [2.75, 3.05) is 18.0 Å². The summed E-state index contributed by atoms with van der Waals surface area (Å²) in [5.41, 5.74) is 0.630. The fourth-order valence-corrected chi connectivity index (χ4v) is 3.56. The van der Waals surface area contributed by atoms with Crippen molar-refractivity contribution in [2.24, 2.45) is 0 Å². The molecule has 0 aliphatic carbocycles. The van der Waals surface area contributed by atoms with Gasteiger partial charge in [-0.2, -0.15) is 0 Å². The Morgan fingerprint density at radius 2 is 1.73 bits per heavy atom. The molecule has 4 rings (SSSR count). The number of hydrogen-bond donors (Lipinski definition) is 0. The molecule has 0 spiro atoms. The monoisotopic (exact) mass is 366 g/mol. The summed E-state index contributed by atoms with van der Waals surface area (Å²) in [6.45, 7) is 1.74. The van der Waals surface area contributed by atoms with Crippen molar-refractivity contribution >= 4 is 34.5 Å². The quantitative estimate of drug-likeness (QED) is 0.625. The lowest BCUT2D eigenvalue weighted by atomic mass is 10.0. The minimum Gasteiger partial charge on any atom is -0.490 e. The van der Waals surface area contributed by atoms with Gasteiger partial charge in [-0.25, -0.2) is 4.98 Å². The van der Waals surface area contributed by atoms with E-state index in [9.17, 15) is 4.79 Å². The first-order valence-electron chi connectivity index (χ1n) is 8.74. The van der Waals surface area contributed by atoms with Crippen LogP contribution in [-0.4, -0.2) is 30.5 Å². The van der Waals surface area contributed by atoms with Gasteiger partial charge in [0.2, 0.25) is 0 Å². The lowest BCUT2D eigenvalue weighted by Gasteiger charge is -2.33. The molecule has 0 amide bonds. The third-order valence-electron chi connectivity index (χ3n) is 4.79. The Balaban J connectivity index is 1.49. The Hall–Kier alpha value is -2.59. The van der Waals surface area contributed by atoms with E-state index in [0.29, 0.717) is 10.6 Å². The molecule has 4 nitrogen and oxygen atoms in total. The molecule has 1 aliphatic heterocycles. The summed E-state index contributed by atoms with van der Waals surface area (Å²) in [6.07, 6.45) is 4.57. The molecule has 3 aromatic rings. The van der Waals surface area contributed by atoms with Gasteiger partial charge in [0.15, 0.2) is 6.29 Å². The summed E-state index contributed by atoms with van der Waals surface area (Å²) in [5, 5.41) is 2.69. The zero-order valence-corrected chi connectivity index (χ0v) is 15.0. The van der Waals surface area contributed by atoms with E-state index in [1.165, 1.54) is 0 Å². The summed E-state index contributed by atoms with van der Waals surface area (Å²) in [6, 6.07) is 15.4. The summed E-state index contributed by atoms with van der Waals surface area (Å²) in [5.74, 6) is 1.79. The summed E-state index contributed by atoms with van der Waals surface area (Å²) >= 11 is 5.92. The number of benzene rings is 2. The lowest BCUT2D eigenvalue weighted by molar-refractivity contribution is 0.112. The fraction of sp³-hybridized carbons (Fsp3) is 0.238. The summed E-state index contributed by atoms with van der Waals surface area (Å²) < 4.78 is 6.07. The molecular formula is C21H19ClN2O2. The van der Waals surface area contributed by atoms with Gasteiger partial charge >= 0.3 is 0 Å². The number of nitrogens with zero attached hydrogens (tertiary/aromatic N) is 2. The molecule has 0 radical (unpaired) electrons. The lowest BCUT2D eigenvalue weighted by Crippen LogP contribution is -2.38. The van der Waals surface area contributed by atoms with Crippen LogP contribution in [-0.2, 0) is 0 Å². The highest BCUT2D eigenvalue weighted by Crippen LogP contribution is 2.29. The van der Waals surface area contributed by atoms with Crippen LogP contribution < -0.4 is 9.64 Å². The number of fused-ring (bicyclic) bond motifs is 1. The van der Waals surface area contributed by atoms with E-state index < -0.39 is 0 Å². The average molecular weight is 367 g/mol. The third kappa shape index (κ3) is 3.37. The SMILES string of the molecule is O=Cc1cnc(N2CCC(Oc3ccc(Cl)cc3)CC2)c2ccccc12. The van der Waals surface area contributed by atoms with E-state index in [2.05, 4.69) is 9.88 Å². The molecule has 0 atom stereocenters. The van der Waals surface area contributed by atoms with E-state index in [4.69, 9.17) is 16.3 Å². The van der Waals surface area contributed by atoms with E-state index in [0.717, 1.165) is 54.6 Å². The number of carbonyl (C=O) groups is 1. The molecular weight excluding hydrogens is 348 g/mol. The third-order valence-corrected chi connectivity index (χ3v) is 5.04. The first-order valence-corrected chi connectivity index (χ1v) is 9.12. The van der Waals surface area contributed by atoms with Gasteiger partial charge in [0.05, 0.1) is 0 Å². The summed E-state index contributed by atoms with van der Waals surface area (Å²) in [7, 11) is 0. The average Bonchev–Trinajstić information content (AvgIpc) is 2.69. The Kier molecular flexibility index (Phi) is 4.76. The van der Waals surface area contributed by atoms with Crippen LogP contribution in [0.15, 0.2) is 54.7 Å². The number of anilines is 1. The van der Waals surface area contributed by atoms with Gasteiger partial charge in [0.1, 0.15) is 17.7 Å². The standard InChI is InChI=1S/C21H19ClN2O2/c22-16-5-7-17(8-6-16)26-18-9-11-24(12-10-18)21-20-4-2-1-3-19(20)15(14-25)13-23-21/h1-8,13-14,18H,9-12H2. The maximum absolute atomic E-state index is 11.3. The molecule has 132 valence electrons. The molecule has 2 heterocycles. The van der Waals surface area contributed by atoms with Crippen LogP contribution in [0.1, 0.15) is 23.2 Å². The largest absolute Gasteiger partial charge is 0.490 e. The van der Waals surface area contributed by atoms with Crippen LogP contribution in [0.5, 0.6) is 5.75 Å². The van der Waals surface area contributed by atoms with Gasteiger partial charge in [0, 0.05) is 48.1 Å². The highest BCUT2D eigenvalue weighted by atomic mass is 35.5. The van der Waals surface area contributed by atoms with E-state index in [1.807, 2.05) is 48.5 Å². The van der Waals surface area contributed by atoms with E-state index >= 15 is 0 Å². The topological polar surface area (TPSA) is 42.4 Å². The van der Waals surface area contributed by atoms with Crippen LogP contribution in [0, 0.1) is 0 Å². The molecule has 26 heavy (non-hydrogen) atoms. The van der Waals surface area contributed by atoms with Crippen molar-refractivity contribution < 1.29 is 9.53 Å². The van der Waals surface area contributed by atoms with Gasteiger partial charge in [-0.05, 0) is 29.7 Å². The number of carbonyl (C=O) groups excluding carboxylic acids is 1. The smallest absolute Gasteiger partial charge is 0.152 e. The van der Waals surface area contributed by atoms with Crippen molar-refractivity contribution in [1.82, 2.24) is 4.98 Å². The molecule has 2 aromatic carbocycles. The number of halogens is 1. The predicted octanol–water partition coefficient (Wildman–Crippen LogP) is 4.75. The first-order chi connectivity index (χ1) is 12.7. The maximum Gasteiger partial charge on any atom is 0.152 e. The highest BCUT2D eigenvalue weighted by Gasteiger charge is 2.23. The predicted molar refractivity (Wildman–Crippen MR) is 104 cm³/mol. The van der Waals surface area contributed by atoms with Gasteiger partial charge in [-0.15, -0.1) is 0 Å². The Morgan fingerprint density at radius 1 is 1.04 bits per heavy atom. The van der Waals surface area contributed by atoms with Crippen LogP contribution in [0.4, 0.5) is 5.82 Å². The fourth-order valence-electron chi connectivity index (χ4n) is 3.44. The van der Waals surface area contributed by atoms with Crippen molar-refractivity contribution in [3.63, 3.8) is 0 Å². The van der Waals surface area contributed by atoms with Crippen molar-refractivity contribution in [2.45, 2.75) is 18.9 Å². The molecule has 0 N–H and O–H groups in total. The van der Waals surface area contributed by atoms with Gasteiger partial charge in [-0.3, -0.25) is 4.79 Å². The second kappa shape index (κ2) is 7.34. The molecule has 0 saturated carbocycles. The second-order valence-corrected chi connectivity index (χ2v) is 6.90. The van der Waals surface area contributed by atoms with Crippen LogP contribution >= 0.6 is 11.6 Å². The van der Waals surface area contributed by atoms with Crippen LogP contribution in [0.2, 0.25) is 5.02 Å². The second-order valence-electron chi connectivity index (χ2n) is 6.46. The van der Waals surface area contributed by atoms with Gasteiger partial charge < -0.3 is 9.64 Å². The highest BCUT2D eigenvalue weighted by molar-refractivity contribution is 6.30. The number of pyridine rings is 1. The number of rotatable bonds is 4. The minimum atomic E-state index is 0.188. The Labute approximate surface area is 157 Å². The van der Waals surface area contributed by atoms with Gasteiger partial charge in [-0.1, -0.05) is 35.9 Å². The molecule has 1 saturated heterocycles. The molecule has 0 bridgehead atoms. The first kappa shape index (κ1) is 16.9. The number of ether oxygens (including phenoxy) is 1. The molecule has 1 fully saturated rings. The van der Waals surface area contributed by atoms with E-state index in [-0.39, 0.29) is 6.10 Å². The van der Waals surface area contributed by atoms with Crippen molar-refractivity contribution in [3.05, 3.63) is 65.3 Å². The Morgan fingerprint density at radius 3 is 2.42 bits per heavy atom. The van der Waals surface area contributed by atoms with Crippen LogP contribution in [0.3, 0.4) is 0 Å². The molecule has 0 unspecified atom stereocenters. The normalized spacial score (nSPS) is 15.2. The zero-order valence-electron chi connectivity index (χ0n) is 14.3.